The van der Waals surface area contributed by atoms with Crippen LogP contribution in [0.3, 0.4) is 0 Å². The van der Waals surface area contributed by atoms with Crippen molar-refractivity contribution >= 4 is 39.1 Å². The second-order valence-electron chi connectivity index (χ2n) is 6.08. The summed E-state index contributed by atoms with van der Waals surface area (Å²) in [4.78, 5) is 14.0. The van der Waals surface area contributed by atoms with Gasteiger partial charge in [-0.1, -0.05) is 29.8 Å². The van der Waals surface area contributed by atoms with Gasteiger partial charge in [0.05, 0.1) is 23.0 Å². The van der Waals surface area contributed by atoms with Gasteiger partial charge in [-0.05, 0) is 42.8 Å². The number of aromatic nitrogens is 1. The molecule has 0 aliphatic carbocycles. The minimum atomic E-state index is -0.130. The fraction of sp³-hybridized carbons (Fsp3) is 0.150. The van der Waals surface area contributed by atoms with E-state index in [-0.39, 0.29) is 5.91 Å². The molecule has 132 valence electrons. The Morgan fingerprint density at radius 3 is 2.85 bits per heavy atom. The van der Waals surface area contributed by atoms with Gasteiger partial charge in [0.25, 0.3) is 5.91 Å². The van der Waals surface area contributed by atoms with Crippen LogP contribution >= 0.6 is 22.9 Å². The van der Waals surface area contributed by atoms with E-state index >= 15 is 0 Å². The Balaban J connectivity index is 1.68. The van der Waals surface area contributed by atoms with Crippen molar-refractivity contribution in [3.05, 3.63) is 81.7 Å². The Hall–Kier alpha value is -2.50. The molecule has 0 bridgehead atoms. The third kappa shape index (κ3) is 3.28. The van der Waals surface area contributed by atoms with Crippen LogP contribution in [0.25, 0.3) is 10.2 Å². The molecule has 0 aliphatic rings. The minimum absolute atomic E-state index is 0.130. The van der Waals surface area contributed by atoms with E-state index in [1.165, 1.54) is 4.88 Å². The summed E-state index contributed by atoms with van der Waals surface area (Å²) in [6, 6.07) is 15.4. The van der Waals surface area contributed by atoms with Crippen LogP contribution in [-0.2, 0) is 13.1 Å². The van der Waals surface area contributed by atoms with E-state index in [9.17, 15) is 4.79 Å². The molecular weight excluding hydrogens is 368 g/mol. The van der Waals surface area contributed by atoms with E-state index in [0.29, 0.717) is 23.8 Å². The normalized spacial score (nSPS) is 11.2. The number of nitrogens with one attached hydrogen (secondary N) is 1. The lowest BCUT2D eigenvalue weighted by molar-refractivity contribution is 0.0939. The zero-order valence-electron chi connectivity index (χ0n) is 14.2. The Morgan fingerprint density at radius 2 is 2.08 bits per heavy atom. The van der Waals surface area contributed by atoms with Crippen molar-refractivity contribution in [2.75, 3.05) is 0 Å². The maximum absolute atomic E-state index is 12.8. The van der Waals surface area contributed by atoms with Crippen molar-refractivity contribution in [1.82, 2.24) is 9.88 Å². The standard InChI is InChI=1S/C20H17ClN2O2S/c1-13-9-17-19(26-13)10-18(20(24)22-11-15-6-4-8-25-15)23(17)12-14-5-2-3-7-16(14)21/h2-10H,11-12H2,1H3,(H,22,24). The van der Waals surface area contributed by atoms with Crippen LogP contribution in [0.15, 0.2) is 59.2 Å². The molecule has 0 radical (unpaired) electrons. The molecular formula is C20H17ClN2O2S. The lowest BCUT2D eigenvalue weighted by Gasteiger charge is -2.12. The van der Waals surface area contributed by atoms with Gasteiger partial charge >= 0.3 is 0 Å². The highest BCUT2D eigenvalue weighted by Gasteiger charge is 2.18. The highest BCUT2D eigenvalue weighted by molar-refractivity contribution is 7.19. The number of aryl methyl sites for hydroxylation is 1. The number of rotatable bonds is 5. The van der Waals surface area contributed by atoms with Crippen LogP contribution in [0.2, 0.25) is 5.02 Å². The predicted octanol–water partition coefficient (Wildman–Crippen LogP) is 5.24. The highest BCUT2D eigenvalue weighted by Crippen LogP contribution is 2.30. The Morgan fingerprint density at radius 1 is 1.23 bits per heavy atom. The Labute approximate surface area is 160 Å². The number of hydrogen-bond donors (Lipinski definition) is 1. The predicted molar refractivity (Wildman–Crippen MR) is 105 cm³/mol. The van der Waals surface area contributed by atoms with Crippen molar-refractivity contribution in [1.29, 1.82) is 0 Å². The van der Waals surface area contributed by atoms with E-state index in [1.54, 1.807) is 23.7 Å². The van der Waals surface area contributed by atoms with Gasteiger partial charge in [-0.15, -0.1) is 11.3 Å². The first-order valence-corrected chi connectivity index (χ1v) is 9.45. The maximum Gasteiger partial charge on any atom is 0.268 e. The summed E-state index contributed by atoms with van der Waals surface area (Å²) in [7, 11) is 0. The molecule has 0 saturated heterocycles. The summed E-state index contributed by atoms with van der Waals surface area (Å²) in [6.45, 7) is 2.97. The number of halogens is 1. The molecule has 4 nitrogen and oxygen atoms in total. The number of fused-ring (bicyclic) bond motifs is 1. The SMILES string of the molecule is Cc1cc2c(cc(C(=O)NCc3ccco3)n2Cc2ccccc2Cl)s1. The summed E-state index contributed by atoms with van der Waals surface area (Å²) in [5.74, 6) is 0.592. The Kier molecular flexibility index (Phi) is 4.57. The summed E-state index contributed by atoms with van der Waals surface area (Å²) in [5.41, 5.74) is 2.66. The number of furan rings is 1. The van der Waals surface area contributed by atoms with E-state index in [4.69, 9.17) is 16.0 Å². The van der Waals surface area contributed by atoms with Crippen LogP contribution in [-0.4, -0.2) is 10.5 Å². The number of amides is 1. The topological polar surface area (TPSA) is 47.2 Å². The molecule has 0 fully saturated rings. The Bertz CT molecular complexity index is 1060. The van der Waals surface area contributed by atoms with Crippen LogP contribution in [0.1, 0.15) is 26.7 Å². The van der Waals surface area contributed by atoms with Gasteiger partial charge in [-0.3, -0.25) is 4.79 Å². The molecule has 4 aromatic rings. The van der Waals surface area contributed by atoms with Gasteiger partial charge in [0.15, 0.2) is 0 Å². The van der Waals surface area contributed by atoms with Crippen molar-refractivity contribution in [2.24, 2.45) is 0 Å². The number of carbonyl (C=O) groups is 1. The van der Waals surface area contributed by atoms with Gasteiger partial charge in [0, 0.05) is 16.4 Å². The van der Waals surface area contributed by atoms with E-state index in [1.807, 2.05) is 41.0 Å². The molecule has 1 amide bonds. The quantitative estimate of drug-likeness (QED) is 0.511. The van der Waals surface area contributed by atoms with Crippen molar-refractivity contribution in [2.45, 2.75) is 20.0 Å². The molecule has 3 aromatic heterocycles. The number of nitrogens with zero attached hydrogens (tertiary/aromatic N) is 1. The fourth-order valence-electron chi connectivity index (χ4n) is 2.99. The molecule has 3 heterocycles. The van der Waals surface area contributed by atoms with Crippen LogP contribution in [0.5, 0.6) is 0 Å². The van der Waals surface area contributed by atoms with Gasteiger partial charge < -0.3 is 14.3 Å². The molecule has 1 N–H and O–H groups in total. The van der Waals surface area contributed by atoms with Crippen LogP contribution in [0.4, 0.5) is 0 Å². The molecule has 26 heavy (non-hydrogen) atoms. The molecule has 0 spiro atoms. The fourth-order valence-corrected chi connectivity index (χ4v) is 4.15. The van der Waals surface area contributed by atoms with E-state index < -0.39 is 0 Å². The van der Waals surface area contributed by atoms with Gasteiger partial charge in [-0.25, -0.2) is 0 Å². The van der Waals surface area contributed by atoms with Crippen LogP contribution < -0.4 is 5.32 Å². The van der Waals surface area contributed by atoms with Crippen LogP contribution in [0, 0.1) is 6.92 Å². The smallest absolute Gasteiger partial charge is 0.268 e. The average Bonchev–Trinajstić information content (AvgIpc) is 3.32. The zero-order chi connectivity index (χ0) is 18.1. The number of hydrogen-bond acceptors (Lipinski definition) is 3. The number of benzene rings is 1. The van der Waals surface area contributed by atoms with Crippen molar-refractivity contribution in [3.63, 3.8) is 0 Å². The van der Waals surface area contributed by atoms with Gasteiger partial charge in [-0.2, -0.15) is 0 Å². The third-order valence-electron chi connectivity index (χ3n) is 4.23. The maximum atomic E-state index is 12.8. The molecule has 0 unspecified atom stereocenters. The average molecular weight is 385 g/mol. The second-order valence-corrected chi connectivity index (χ2v) is 7.77. The number of carbonyl (C=O) groups excluding carboxylic acids is 1. The van der Waals surface area contributed by atoms with Crippen molar-refractivity contribution in [3.8, 4) is 0 Å². The molecule has 1 aromatic carbocycles. The van der Waals surface area contributed by atoms with Gasteiger partial charge in [0.1, 0.15) is 11.5 Å². The first kappa shape index (κ1) is 16.9. The van der Waals surface area contributed by atoms with Gasteiger partial charge in [0.2, 0.25) is 0 Å². The highest BCUT2D eigenvalue weighted by atomic mass is 35.5. The first-order chi connectivity index (χ1) is 12.6. The summed E-state index contributed by atoms with van der Waals surface area (Å²) in [6.07, 6.45) is 1.60. The monoisotopic (exact) mass is 384 g/mol. The molecule has 4 rings (SSSR count). The summed E-state index contributed by atoms with van der Waals surface area (Å²) in [5, 5.41) is 3.62. The third-order valence-corrected chi connectivity index (χ3v) is 5.59. The van der Waals surface area contributed by atoms with E-state index in [0.717, 1.165) is 21.5 Å². The lowest BCUT2D eigenvalue weighted by atomic mass is 10.2. The first-order valence-electron chi connectivity index (χ1n) is 8.25. The molecule has 0 saturated carbocycles. The summed E-state index contributed by atoms with van der Waals surface area (Å²) < 4.78 is 8.40. The minimum Gasteiger partial charge on any atom is -0.467 e. The van der Waals surface area contributed by atoms with Crippen molar-refractivity contribution < 1.29 is 9.21 Å². The largest absolute Gasteiger partial charge is 0.467 e. The zero-order valence-corrected chi connectivity index (χ0v) is 15.7. The summed E-state index contributed by atoms with van der Waals surface area (Å²) >= 11 is 8.02. The molecule has 0 atom stereocenters. The molecule has 6 heteroatoms. The number of thiophene rings is 1. The molecule has 0 aliphatic heterocycles. The lowest BCUT2D eigenvalue weighted by Crippen LogP contribution is -2.25. The second kappa shape index (κ2) is 7.02. The van der Waals surface area contributed by atoms with E-state index in [2.05, 4.69) is 18.3 Å².